The number of Topliss-reactive ketones (excluding diaryl/α,β-unsaturated/α-hetero) is 1. The number of hydrogen-bond donors (Lipinski definition) is 0. The van der Waals surface area contributed by atoms with Crippen molar-refractivity contribution in [3.05, 3.63) is 23.0 Å². The number of ketones is 1. The molecule has 1 aromatic heterocycles. The Bertz CT molecular complexity index is 472. The number of carbonyl (C=O) groups excluding carboxylic acids is 1. The van der Waals surface area contributed by atoms with Crippen LogP contribution >= 0.6 is 0 Å². The minimum Gasteiger partial charge on any atom is -0.349 e. The first-order valence-electron chi connectivity index (χ1n) is 7.99. The van der Waals surface area contributed by atoms with E-state index in [0.29, 0.717) is 6.54 Å². The molecule has 0 saturated heterocycles. The minimum atomic E-state index is 0.284. The molecular weight excluding hydrogens is 248 g/mol. The standard InChI is InChI=1S/C17H28N2O/c1-5-9-18(11-15-7-8-15)12-17(20)16-10-13(3)19(6-2)14(16)4/h10,15H,5-9,11-12H2,1-4H3. The molecule has 0 atom stereocenters. The molecule has 0 unspecified atom stereocenters. The lowest BCUT2D eigenvalue weighted by atomic mass is 10.1. The first-order valence-corrected chi connectivity index (χ1v) is 7.99. The van der Waals surface area contributed by atoms with Gasteiger partial charge in [-0.15, -0.1) is 0 Å². The number of nitrogens with zero attached hydrogens (tertiary/aromatic N) is 2. The number of rotatable bonds is 8. The van der Waals surface area contributed by atoms with Crippen molar-refractivity contribution in [3.8, 4) is 0 Å². The van der Waals surface area contributed by atoms with Gasteiger partial charge in [-0.25, -0.2) is 0 Å². The zero-order chi connectivity index (χ0) is 14.7. The average molecular weight is 276 g/mol. The Morgan fingerprint density at radius 2 is 2.05 bits per heavy atom. The van der Waals surface area contributed by atoms with Gasteiger partial charge < -0.3 is 4.57 Å². The maximum atomic E-state index is 12.6. The molecule has 1 aliphatic carbocycles. The predicted molar refractivity (Wildman–Crippen MR) is 83.4 cm³/mol. The molecule has 0 aromatic carbocycles. The van der Waals surface area contributed by atoms with Crippen LogP contribution in [0.4, 0.5) is 0 Å². The van der Waals surface area contributed by atoms with Crippen LogP contribution in [0.1, 0.15) is 54.9 Å². The number of aryl methyl sites for hydroxylation is 1. The molecule has 1 saturated carbocycles. The summed E-state index contributed by atoms with van der Waals surface area (Å²) in [6.45, 7) is 12.1. The number of aromatic nitrogens is 1. The maximum Gasteiger partial charge on any atom is 0.178 e. The third kappa shape index (κ3) is 3.51. The van der Waals surface area contributed by atoms with Crippen molar-refractivity contribution in [3.63, 3.8) is 0 Å². The van der Waals surface area contributed by atoms with Crippen LogP contribution in [-0.4, -0.2) is 34.9 Å². The lowest BCUT2D eigenvalue weighted by Gasteiger charge is -2.20. The van der Waals surface area contributed by atoms with Gasteiger partial charge in [-0.05, 0) is 58.6 Å². The first kappa shape index (κ1) is 15.3. The van der Waals surface area contributed by atoms with Gasteiger partial charge >= 0.3 is 0 Å². The Balaban J connectivity index is 2.05. The van der Waals surface area contributed by atoms with E-state index in [4.69, 9.17) is 0 Å². The molecule has 3 heteroatoms. The van der Waals surface area contributed by atoms with Crippen molar-refractivity contribution in [2.75, 3.05) is 19.6 Å². The van der Waals surface area contributed by atoms with Crippen LogP contribution in [0.2, 0.25) is 0 Å². The van der Waals surface area contributed by atoms with Crippen molar-refractivity contribution in [2.45, 2.75) is 53.5 Å². The summed E-state index contributed by atoms with van der Waals surface area (Å²) in [7, 11) is 0. The molecule has 20 heavy (non-hydrogen) atoms. The lowest BCUT2D eigenvalue weighted by molar-refractivity contribution is 0.0926. The van der Waals surface area contributed by atoms with Gasteiger partial charge in [0, 0.05) is 30.0 Å². The van der Waals surface area contributed by atoms with Crippen LogP contribution in [-0.2, 0) is 6.54 Å². The fraction of sp³-hybridized carbons (Fsp3) is 0.706. The summed E-state index contributed by atoms with van der Waals surface area (Å²) in [5, 5.41) is 0. The summed E-state index contributed by atoms with van der Waals surface area (Å²) in [5.74, 6) is 1.13. The summed E-state index contributed by atoms with van der Waals surface area (Å²) < 4.78 is 2.22. The van der Waals surface area contributed by atoms with Crippen molar-refractivity contribution in [2.24, 2.45) is 5.92 Å². The van der Waals surface area contributed by atoms with Crippen LogP contribution < -0.4 is 0 Å². The summed E-state index contributed by atoms with van der Waals surface area (Å²) in [6.07, 6.45) is 3.81. The highest BCUT2D eigenvalue weighted by molar-refractivity contribution is 5.99. The highest BCUT2D eigenvalue weighted by atomic mass is 16.1. The summed E-state index contributed by atoms with van der Waals surface area (Å²) in [5.41, 5.74) is 3.23. The van der Waals surface area contributed by atoms with Gasteiger partial charge in [0.15, 0.2) is 5.78 Å². The van der Waals surface area contributed by atoms with E-state index < -0.39 is 0 Å². The quantitative estimate of drug-likeness (QED) is 0.680. The van der Waals surface area contributed by atoms with E-state index in [2.05, 4.69) is 43.2 Å². The van der Waals surface area contributed by atoms with Crippen LogP contribution in [0.5, 0.6) is 0 Å². The Morgan fingerprint density at radius 1 is 1.35 bits per heavy atom. The van der Waals surface area contributed by atoms with Gasteiger partial charge in [-0.1, -0.05) is 6.92 Å². The molecule has 0 N–H and O–H groups in total. The third-order valence-electron chi connectivity index (χ3n) is 4.31. The molecule has 0 aliphatic heterocycles. The van der Waals surface area contributed by atoms with Crippen LogP contribution in [0, 0.1) is 19.8 Å². The zero-order valence-corrected chi connectivity index (χ0v) is 13.4. The van der Waals surface area contributed by atoms with E-state index in [1.54, 1.807) is 0 Å². The Morgan fingerprint density at radius 3 is 2.55 bits per heavy atom. The Labute approximate surface area is 123 Å². The predicted octanol–water partition coefficient (Wildman–Crippen LogP) is 3.43. The molecule has 1 fully saturated rings. The fourth-order valence-corrected chi connectivity index (χ4v) is 3.07. The molecule has 3 nitrogen and oxygen atoms in total. The van der Waals surface area contributed by atoms with Gasteiger partial charge in [0.25, 0.3) is 0 Å². The Hall–Kier alpha value is -1.09. The van der Waals surface area contributed by atoms with Gasteiger partial charge in [0.1, 0.15) is 0 Å². The van der Waals surface area contributed by atoms with Gasteiger partial charge in [0.2, 0.25) is 0 Å². The summed E-state index contributed by atoms with van der Waals surface area (Å²) in [4.78, 5) is 14.9. The highest BCUT2D eigenvalue weighted by Crippen LogP contribution is 2.29. The number of hydrogen-bond acceptors (Lipinski definition) is 2. The normalized spacial score (nSPS) is 15.1. The Kier molecular flexibility index (Phi) is 5.03. The molecule has 0 radical (unpaired) electrons. The second kappa shape index (κ2) is 6.57. The molecule has 1 heterocycles. The summed E-state index contributed by atoms with van der Waals surface area (Å²) >= 11 is 0. The topological polar surface area (TPSA) is 25.2 Å². The smallest absolute Gasteiger partial charge is 0.178 e. The van der Waals surface area contributed by atoms with Gasteiger partial charge in [-0.3, -0.25) is 9.69 Å². The fourth-order valence-electron chi connectivity index (χ4n) is 3.07. The molecule has 0 bridgehead atoms. The largest absolute Gasteiger partial charge is 0.349 e. The minimum absolute atomic E-state index is 0.284. The van der Waals surface area contributed by atoms with Gasteiger partial charge in [-0.2, -0.15) is 0 Å². The second-order valence-electron chi connectivity index (χ2n) is 6.13. The van der Waals surface area contributed by atoms with Crippen LogP contribution in [0.15, 0.2) is 6.07 Å². The van der Waals surface area contributed by atoms with Crippen LogP contribution in [0.25, 0.3) is 0 Å². The molecule has 2 rings (SSSR count). The molecule has 1 aliphatic rings. The summed E-state index contributed by atoms with van der Waals surface area (Å²) in [6, 6.07) is 2.06. The van der Waals surface area contributed by atoms with Crippen molar-refractivity contribution >= 4 is 5.78 Å². The molecule has 1 aromatic rings. The van der Waals surface area contributed by atoms with E-state index in [1.807, 2.05) is 0 Å². The molecular formula is C17H28N2O. The van der Waals surface area contributed by atoms with E-state index in [0.717, 1.165) is 43.2 Å². The second-order valence-corrected chi connectivity index (χ2v) is 6.13. The molecule has 0 amide bonds. The third-order valence-corrected chi connectivity index (χ3v) is 4.31. The highest BCUT2D eigenvalue weighted by Gasteiger charge is 2.25. The average Bonchev–Trinajstić information content (AvgIpc) is 3.15. The first-order chi connectivity index (χ1) is 9.56. The van der Waals surface area contributed by atoms with E-state index >= 15 is 0 Å². The van der Waals surface area contributed by atoms with E-state index in [9.17, 15) is 4.79 Å². The van der Waals surface area contributed by atoms with Crippen molar-refractivity contribution in [1.82, 2.24) is 9.47 Å². The van der Waals surface area contributed by atoms with E-state index in [1.165, 1.54) is 18.5 Å². The number of carbonyl (C=O) groups is 1. The lowest BCUT2D eigenvalue weighted by Crippen LogP contribution is -2.32. The van der Waals surface area contributed by atoms with Crippen LogP contribution in [0.3, 0.4) is 0 Å². The van der Waals surface area contributed by atoms with Crippen molar-refractivity contribution < 1.29 is 4.79 Å². The SMILES string of the molecule is CCCN(CC(=O)c1cc(C)n(CC)c1C)CC1CC1. The monoisotopic (exact) mass is 276 g/mol. The molecule has 0 spiro atoms. The molecule has 112 valence electrons. The maximum absolute atomic E-state index is 12.6. The van der Waals surface area contributed by atoms with Crippen molar-refractivity contribution in [1.29, 1.82) is 0 Å². The van der Waals surface area contributed by atoms with E-state index in [-0.39, 0.29) is 5.78 Å². The zero-order valence-electron chi connectivity index (χ0n) is 13.4. The van der Waals surface area contributed by atoms with Gasteiger partial charge in [0.05, 0.1) is 6.54 Å².